The Kier molecular flexibility index (Phi) is 6.53. The molecule has 0 aliphatic heterocycles. The Morgan fingerprint density at radius 3 is 1.80 bits per heavy atom. The molecule has 0 aliphatic rings. The second-order valence-corrected chi connectivity index (χ2v) is 13.0. The lowest BCUT2D eigenvalue weighted by molar-refractivity contribution is 1.19. The van der Waals surface area contributed by atoms with E-state index in [4.69, 9.17) is 0 Å². The molecule has 0 aliphatic carbocycles. The first-order valence-electron chi connectivity index (χ1n) is 17.2. The third-order valence-corrected chi connectivity index (χ3v) is 10.1. The van der Waals surface area contributed by atoms with E-state index in [0.29, 0.717) is 0 Å². The highest BCUT2D eigenvalue weighted by Gasteiger charge is 2.17. The number of hydrogen-bond donors (Lipinski definition) is 0. The summed E-state index contributed by atoms with van der Waals surface area (Å²) in [6, 6.07) is 70.5. The average molecular weight is 637 g/mol. The molecule has 10 aromatic rings. The van der Waals surface area contributed by atoms with Crippen LogP contribution in [0.4, 0.5) is 17.1 Å². The zero-order valence-corrected chi connectivity index (χ0v) is 27.4. The fourth-order valence-electron chi connectivity index (χ4n) is 7.79. The van der Waals surface area contributed by atoms with Crippen molar-refractivity contribution in [2.75, 3.05) is 4.90 Å². The third kappa shape index (κ3) is 4.57. The normalized spacial score (nSPS) is 11.6. The van der Waals surface area contributed by atoms with Crippen molar-refractivity contribution < 1.29 is 0 Å². The van der Waals surface area contributed by atoms with Gasteiger partial charge >= 0.3 is 0 Å². The van der Waals surface area contributed by atoms with Crippen LogP contribution in [0.2, 0.25) is 0 Å². The first-order chi connectivity index (χ1) is 24.8. The highest BCUT2D eigenvalue weighted by Crippen LogP contribution is 2.40. The van der Waals surface area contributed by atoms with Gasteiger partial charge in [-0.3, -0.25) is 0 Å². The molecule has 2 heteroatoms. The Balaban J connectivity index is 1.13. The van der Waals surface area contributed by atoms with E-state index in [2.05, 4.69) is 204 Å². The van der Waals surface area contributed by atoms with Crippen molar-refractivity contribution in [1.82, 2.24) is 4.57 Å². The van der Waals surface area contributed by atoms with Crippen LogP contribution in [0.5, 0.6) is 0 Å². The van der Waals surface area contributed by atoms with E-state index >= 15 is 0 Å². The Bertz CT molecular complexity index is 2860. The van der Waals surface area contributed by atoms with Crippen molar-refractivity contribution in [2.45, 2.75) is 0 Å². The molecule has 0 spiro atoms. The van der Waals surface area contributed by atoms with Crippen LogP contribution in [-0.4, -0.2) is 4.57 Å². The van der Waals surface area contributed by atoms with Crippen LogP contribution in [0.3, 0.4) is 0 Å². The molecule has 1 heterocycles. The van der Waals surface area contributed by atoms with Gasteiger partial charge in [-0.25, -0.2) is 0 Å². The van der Waals surface area contributed by atoms with Gasteiger partial charge in [-0.15, -0.1) is 0 Å². The van der Waals surface area contributed by atoms with Crippen molar-refractivity contribution in [1.29, 1.82) is 0 Å². The van der Waals surface area contributed by atoms with E-state index < -0.39 is 0 Å². The summed E-state index contributed by atoms with van der Waals surface area (Å²) in [7, 11) is 0. The quantitative estimate of drug-likeness (QED) is 0.182. The fraction of sp³-hybridized carbons (Fsp3) is 0. The van der Waals surface area contributed by atoms with Crippen LogP contribution in [-0.2, 0) is 0 Å². The molecule has 0 atom stereocenters. The molecular weight excluding hydrogens is 605 g/mol. The van der Waals surface area contributed by atoms with Gasteiger partial charge in [0.05, 0.1) is 11.0 Å². The summed E-state index contributed by atoms with van der Waals surface area (Å²) in [5, 5.41) is 9.98. The van der Waals surface area contributed by atoms with Crippen LogP contribution >= 0.6 is 0 Å². The van der Waals surface area contributed by atoms with Crippen molar-refractivity contribution >= 4 is 71.2 Å². The zero-order valence-electron chi connectivity index (χ0n) is 27.4. The number of para-hydroxylation sites is 2. The minimum atomic E-state index is 1.12. The second kappa shape index (κ2) is 11.5. The maximum absolute atomic E-state index is 2.44. The van der Waals surface area contributed by atoms with Gasteiger partial charge in [-0.2, -0.15) is 0 Å². The van der Waals surface area contributed by atoms with E-state index in [1.807, 2.05) is 0 Å². The number of nitrogens with zero attached hydrogens (tertiary/aromatic N) is 2. The largest absolute Gasteiger partial charge is 0.310 e. The molecule has 0 unspecified atom stereocenters. The molecular formula is C48H32N2. The number of rotatable bonds is 5. The van der Waals surface area contributed by atoms with E-state index in [0.717, 1.165) is 22.7 Å². The Hall–Kier alpha value is -6.64. The summed E-state index contributed by atoms with van der Waals surface area (Å²) in [4.78, 5) is 2.35. The minimum absolute atomic E-state index is 1.12. The second-order valence-electron chi connectivity index (χ2n) is 13.0. The van der Waals surface area contributed by atoms with Crippen molar-refractivity contribution in [3.63, 3.8) is 0 Å². The van der Waals surface area contributed by atoms with Gasteiger partial charge in [0.1, 0.15) is 0 Å². The van der Waals surface area contributed by atoms with Crippen molar-refractivity contribution in [3.8, 4) is 16.8 Å². The molecule has 0 radical (unpaired) electrons. The predicted molar refractivity (Wildman–Crippen MR) is 213 cm³/mol. The summed E-state index contributed by atoms with van der Waals surface area (Å²) in [6.07, 6.45) is 0. The average Bonchev–Trinajstić information content (AvgIpc) is 3.53. The van der Waals surface area contributed by atoms with E-state index in [1.54, 1.807) is 0 Å². The molecule has 0 bridgehead atoms. The molecule has 0 saturated heterocycles. The summed E-state index contributed by atoms with van der Waals surface area (Å²) in [5.74, 6) is 0. The Labute approximate surface area is 290 Å². The summed E-state index contributed by atoms with van der Waals surface area (Å²) >= 11 is 0. The lowest BCUT2D eigenvalue weighted by Crippen LogP contribution is -2.09. The van der Waals surface area contributed by atoms with Gasteiger partial charge < -0.3 is 9.47 Å². The number of fused-ring (bicyclic) bond motifs is 7. The third-order valence-electron chi connectivity index (χ3n) is 10.1. The number of anilines is 3. The van der Waals surface area contributed by atoms with Crippen LogP contribution in [0.15, 0.2) is 194 Å². The van der Waals surface area contributed by atoms with Crippen LogP contribution in [0.25, 0.3) is 70.9 Å². The number of aromatic nitrogens is 1. The number of hydrogen-bond acceptors (Lipinski definition) is 1. The minimum Gasteiger partial charge on any atom is -0.310 e. The van der Waals surface area contributed by atoms with Crippen LogP contribution in [0, 0.1) is 0 Å². The van der Waals surface area contributed by atoms with Gasteiger partial charge in [0.2, 0.25) is 0 Å². The lowest BCUT2D eigenvalue weighted by atomic mass is 9.98. The molecule has 0 amide bonds. The molecule has 1 aromatic heterocycles. The zero-order chi connectivity index (χ0) is 33.0. The summed E-state index contributed by atoms with van der Waals surface area (Å²) in [5.41, 5.74) is 9.43. The molecule has 0 N–H and O–H groups in total. The molecule has 50 heavy (non-hydrogen) atoms. The number of benzene rings is 9. The van der Waals surface area contributed by atoms with Gasteiger partial charge in [0.25, 0.3) is 0 Å². The molecule has 9 aromatic carbocycles. The maximum atomic E-state index is 2.44. The summed E-state index contributed by atoms with van der Waals surface area (Å²) in [6.45, 7) is 0. The van der Waals surface area contributed by atoms with E-state index in [-0.39, 0.29) is 0 Å². The highest BCUT2D eigenvalue weighted by molar-refractivity contribution is 6.18. The smallest absolute Gasteiger partial charge is 0.0619 e. The lowest BCUT2D eigenvalue weighted by Gasteiger charge is -2.26. The SMILES string of the molecule is c1ccc(N(c2ccc(-c3cccc4ccccc34)cc2)c2ccc3ccc(-n4c5ccccc5c5ccc6ccccc6c54)cc3c2)cc1. The molecule has 0 fully saturated rings. The Morgan fingerprint density at radius 1 is 0.340 bits per heavy atom. The van der Waals surface area contributed by atoms with E-state index in [9.17, 15) is 0 Å². The van der Waals surface area contributed by atoms with Gasteiger partial charge in [-0.1, -0.05) is 140 Å². The Morgan fingerprint density at radius 2 is 0.960 bits per heavy atom. The van der Waals surface area contributed by atoms with Crippen molar-refractivity contribution in [3.05, 3.63) is 194 Å². The van der Waals surface area contributed by atoms with E-state index in [1.165, 1.54) is 65.3 Å². The fourth-order valence-corrected chi connectivity index (χ4v) is 7.79. The van der Waals surface area contributed by atoms with Gasteiger partial charge in [-0.05, 0) is 92.7 Å². The first kappa shape index (κ1) is 28.4. The topological polar surface area (TPSA) is 8.17 Å². The summed E-state index contributed by atoms with van der Waals surface area (Å²) < 4.78 is 2.44. The van der Waals surface area contributed by atoms with Gasteiger partial charge in [0.15, 0.2) is 0 Å². The van der Waals surface area contributed by atoms with Crippen LogP contribution in [0.1, 0.15) is 0 Å². The molecule has 234 valence electrons. The molecule has 10 rings (SSSR count). The van der Waals surface area contributed by atoms with Crippen molar-refractivity contribution in [2.24, 2.45) is 0 Å². The highest BCUT2D eigenvalue weighted by atomic mass is 15.1. The predicted octanol–water partition coefficient (Wildman–Crippen LogP) is 13.4. The van der Waals surface area contributed by atoms with Crippen LogP contribution < -0.4 is 4.90 Å². The molecule has 0 saturated carbocycles. The standard InChI is InChI=1S/C48H32N2/c1-2-14-38(15-3-1)49(39-26-23-36(24-27-39)43-19-10-13-34-11-4-6-16-42(34)43)40-28-21-33-22-29-41(32-37(33)31-40)50-47-20-9-8-18-45(47)46-30-25-35-12-5-7-17-44(35)48(46)50/h1-32H. The molecule has 2 nitrogen and oxygen atoms in total. The first-order valence-corrected chi connectivity index (χ1v) is 17.2. The maximum Gasteiger partial charge on any atom is 0.0619 e. The van der Waals surface area contributed by atoms with Gasteiger partial charge in [0, 0.05) is 38.9 Å². The monoisotopic (exact) mass is 636 g/mol.